The maximum atomic E-state index is 5.96. The van der Waals surface area contributed by atoms with Crippen molar-refractivity contribution in [1.82, 2.24) is 0 Å². The average Bonchev–Trinajstić information content (AvgIpc) is 2.91. The van der Waals surface area contributed by atoms with Crippen molar-refractivity contribution < 1.29 is 13.3 Å². The first-order valence-corrected chi connectivity index (χ1v) is 19.8. The first-order chi connectivity index (χ1) is 18.7. The van der Waals surface area contributed by atoms with Gasteiger partial charge in [-0.2, -0.15) is 12.6 Å². The van der Waals surface area contributed by atoms with Crippen LogP contribution in [0, 0.1) is 0 Å². The molecule has 0 spiro atoms. The molecule has 0 atom stereocenters. The minimum atomic E-state index is -2.42. The van der Waals surface area contributed by atoms with Crippen LogP contribution in [0.1, 0.15) is 181 Å². The van der Waals surface area contributed by atoms with Crippen LogP contribution in [-0.4, -0.2) is 34.4 Å². The van der Waals surface area contributed by atoms with Crippen molar-refractivity contribution in [2.45, 2.75) is 187 Å². The summed E-state index contributed by atoms with van der Waals surface area (Å²) in [5.41, 5.74) is 0. The second-order valence-electron chi connectivity index (χ2n) is 11.3. The summed E-state index contributed by atoms with van der Waals surface area (Å²) in [5.74, 6) is 1.06. The Kier molecular flexibility index (Phi) is 32.3. The Morgan fingerprint density at radius 1 is 0.342 bits per heavy atom. The van der Waals surface area contributed by atoms with Crippen molar-refractivity contribution in [2.75, 3.05) is 25.6 Å². The molecule has 0 heterocycles. The second-order valence-corrected chi connectivity index (χ2v) is 14.5. The third-order valence-electron chi connectivity index (χ3n) is 7.73. The monoisotopic (exact) mass is 574 g/mol. The zero-order chi connectivity index (χ0) is 27.8. The van der Waals surface area contributed by atoms with Gasteiger partial charge in [0.2, 0.25) is 0 Å². The van der Waals surface area contributed by atoms with Crippen LogP contribution in [-0.2, 0) is 13.3 Å². The van der Waals surface area contributed by atoms with Gasteiger partial charge >= 0.3 is 8.80 Å². The molecule has 0 aliphatic heterocycles. The molecule has 0 amide bonds. The molecule has 3 nitrogen and oxygen atoms in total. The highest BCUT2D eigenvalue weighted by molar-refractivity contribution is 7.80. The maximum absolute atomic E-state index is 5.96. The highest BCUT2D eigenvalue weighted by atomic mass is 32.1. The van der Waals surface area contributed by atoms with Crippen molar-refractivity contribution in [3.8, 4) is 0 Å². The second kappa shape index (κ2) is 32.0. The minimum Gasteiger partial charge on any atom is -0.374 e. The molecule has 230 valence electrons. The normalized spacial score (nSPS) is 12.0. The van der Waals surface area contributed by atoms with Gasteiger partial charge in [-0.15, -0.1) is 0 Å². The predicted molar refractivity (Wildman–Crippen MR) is 175 cm³/mol. The largest absolute Gasteiger partial charge is 0.500 e. The van der Waals surface area contributed by atoms with Crippen molar-refractivity contribution in [3.05, 3.63) is 0 Å². The molecule has 0 bridgehead atoms. The van der Waals surface area contributed by atoms with Crippen LogP contribution >= 0.6 is 12.6 Å². The van der Waals surface area contributed by atoms with Crippen LogP contribution in [0.5, 0.6) is 0 Å². The topological polar surface area (TPSA) is 27.7 Å². The number of rotatable bonds is 33. The Morgan fingerprint density at radius 2 is 0.553 bits per heavy atom. The van der Waals surface area contributed by atoms with Gasteiger partial charge in [-0.05, 0) is 39.4 Å². The van der Waals surface area contributed by atoms with Gasteiger partial charge in [0.05, 0.1) is 0 Å². The van der Waals surface area contributed by atoms with Crippen LogP contribution in [0.4, 0.5) is 0 Å². The highest BCUT2D eigenvalue weighted by Gasteiger charge is 2.39. The summed E-state index contributed by atoms with van der Waals surface area (Å²) in [7, 11) is -2.42. The van der Waals surface area contributed by atoms with E-state index in [1.54, 1.807) is 0 Å². The Balaban J connectivity index is 3.28. The Morgan fingerprint density at radius 3 is 0.763 bits per heavy atom. The zero-order valence-electron chi connectivity index (χ0n) is 26.4. The van der Waals surface area contributed by atoms with Crippen LogP contribution in [0.25, 0.3) is 0 Å². The van der Waals surface area contributed by atoms with Gasteiger partial charge < -0.3 is 13.3 Å². The minimum absolute atomic E-state index is 0.685. The Hall–Kier alpha value is 0.447. The lowest BCUT2D eigenvalue weighted by Gasteiger charge is -2.28. The van der Waals surface area contributed by atoms with Crippen molar-refractivity contribution in [2.24, 2.45) is 0 Å². The van der Waals surface area contributed by atoms with E-state index >= 15 is 0 Å². The molecule has 0 aliphatic rings. The summed E-state index contributed by atoms with van der Waals surface area (Å²) in [6.45, 7) is 8.18. The van der Waals surface area contributed by atoms with E-state index in [9.17, 15) is 0 Å². The van der Waals surface area contributed by atoms with Crippen molar-refractivity contribution >= 4 is 21.4 Å². The molecular weight excluding hydrogens is 505 g/mol. The van der Waals surface area contributed by atoms with Crippen molar-refractivity contribution in [3.63, 3.8) is 0 Å². The number of hydrogen-bond donors (Lipinski definition) is 1. The Labute approximate surface area is 247 Å². The molecule has 0 N–H and O–H groups in total. The van der Waals surface area contributed by atoms with E-state index in [2.05, 4.69) is 12.6 Å². The summed E-state index contributed by atoms with van der Waals surface area (Å²) in [5, 5.41) is 0. The lowest BCUT2D eigenvalue weighted by Crippen LogP contribution is -2.45. The molecule has 5 heteroatoms. The molecule has 0 aromatic heterocycles. The van der Waals surface area contributed by atoms with E-state index in [0.717, 1.165) is 11.8 Å². The summed E-state index contributed by atoms with van der Waals surface area (Å²) < 4.78 is 17.9. The lowest BCUT2D eigenvalue weighted by molar-refractivity contribution is 0.0706. The molecule has 38 heavy (non-hydrogen) atoms. The summed E-state index contributed by atoms with van der Waals surface area (Å²) in [4.78, 5) is 0. The highest BCUT2D eigenvalue weighted by Crippen LogP contribution is 2.21. The molecule has 0 rings (SSSR count). The first kappa shape index (κ1) is 38.4. The van der Waals surface area contributed by atoms with Gasteiger partial charge in [0.25, 0.3) is 0 Å². The number of thiol groups is 1. The Bertz CT molecular complexity index is 421. The number of hydrogen-bond acceptors (Lipinski definition) is 4. The van der Waals surface area contributed by atoms with E-state index < -0.39 is 8.80 Å². The third-order valence-corrected chi connectivity index (χ3v) is 11.2. The predicted octanol–water partition coefficient (Wildman–Crippen LogP) is 11.7. The fourth-order valence-corrected chi connectivity index (χ4v) is 8.43. The average molecular weight is 575 g/mol. The molecule has 0 aliphatic carbocycles. The first-order valence-electron chi connectivity index (χ1n) is 17.3. The molecule has 0 radical (unpaired) electrons. The van der Waals surface area contributed by atoms with E-state index in [4.69, 9.17) is 13.3 Å². The maximum Gasteiger partial charge on any atom is 0.500 e. The van der Waals surface area contributed by atoms with E-state index in [1.165, 1.54) is 161 Å². The fourth-order valence-electron chi connectivity index (χ4n) is 5.52. The quantitative estimate of drug-likeness (QED) is 0.0480. The van der Waals surface area contributed by atoms with Gasteiger partial charge in [0.15, 0.2) is 0 Å². The van der Waals surface area contributed by atoms with E-state index in [1.807, 2.05) is 20.8 Å². The van der Waals surface area contributed by atoms with Crippen LogP contribution in [0.3, 0.4) is 0 Å². The molecular formula is C33H70O3SSi. The lowest BCUT2D eigenvalue weighted by atomic mass is 10.0. The van der Waals surface area contributed by atoms with Gasteiger partial charge in [-0.25, -0.2) is 0 Å². The van der Waals surface area contributed by atoms with Gasteiger partial charge in [-0.3, -0.25) is 0 Å². The van der Waals surface area contributed by atoms with Crippen molar-refractivity contribution in [1.29, 1.82) is 0 Å². The standard InChI is InChI=1S/C33H70O3SSi/c1-4-34-38(35-5-2,36-6-3)33-31-29-27-25-23-21-19-17-15-13-11-9-7-8-10-12-14-16-18-20-22-24-26-28-30-32-37/h37H,4-33H2,1-3H3. The van der Waals surface area contributed by atoms with E-state index in [-0.39, 0.29) is 0 Å². The van der Waals surface area contributed by atoms with Crippen LogP contribution in [0.15, 0.2) is 0 Å². The van der Waals surface area contributed by atoms with Crippen LogP contribution < -0.4 is 0 Å². The summed E-state index contributed by atoms with van der Waals surface area (Å²) in [6.07, 6.45) is 35.5. The molecule has 0 aromatic rings. The fraction of sp³-hybridized carbons (Fsp3) is 1.00. The van der Waals surface area contributed by atoms with Gasteiger partial charge in [0.1, 0.15) is 0 Å². The third kappa shape index (κ3) is 26.7. The molecule has 0 aromatic carbocycles. The molecule has 0 saturated carbocycles. The SMILES string of the molecule is CCO[Si](CCCCCCCCCCCCCCCCCCCCCCCCCCCS)(OCC)OCC. The summed E-state index contributed by atoms with van der Waals surface area (Å²) >= 11 is 4.28. The van der Waals surface area contributed by atoms with Gasteiger partial charge in [-0.1, -0.05) is 148 Å². The smallest absolute Gasteiger partial charge is 0.374 e. The zero-order valence-corrected chi connectivity index (χ0v) is 28.3. The molecule has 0 unspecified atom stereocenters. The molecule has 0 fully saturated rings. The van der Waals surface area contributed by atoms with Crippen LogP contribution in [0.2, 0.25) is 6.04 Å². The van der Waals surface area contributed by atoms with Gasteiger partial charge in [0, 0.05) is 25.9 Å². The number of unbranched alkanes of at least 4 members (excludes halogenated alkanes) is 24. The van der Waals surface area contributed by atoms with E-state index in [0.29, 0.717) is 19.8 Å². The summed E-state index contributed by atoms with van der Waals surface area (Å²) in [6, 6.07) is 0.973. The molecule has 0 saturated heterocycles.